The molecule has 2 N–H and O–H groups in total. The van der Waals surface area contributed by atoms with E-state index in [2.05, 4.69) is 15.6 Å². The number of hydrogen-bond donors (Lipinski definition) is 2. The molecule has 0 aliphatic rings. The zero-order chi connectivity index (χ0) is 17.6. The number of halogens is 1. The lowest BCUT2D eigenvalue weighted by molar-refractivity contribution is 0.0909. The highest BCUT2D eigenvalue weighted by Gasteiger charge is 2.16. The molecular formula is C18H17FN4O2. The predicted molar refractivity (Wildman–Crippen MR) is 89.3 cm³/mol. The molecule has 3 rings (SSSR count). The topological polar surface area (TPSA) is 80.0 Å². The predicted octanol–water partition coefficient (Wildman–Crippen LogP) is 1.93. The molecule has 1 heterocycles. The molecule has 1 atom stereocenters. The molecule has 128 valence electrons. The number of aliphatic hydroxyl groups excluding tert-OH is 1. The zero-order valence-corrected chi connectivity index (χ0v) is 13.3. The minimum Gasteiger partial charge on any atom is -0.386 e. The van der Waals surface area contributed by atoms with Crippen LogP contribution in [0.15, 0.2) is 60.8 Å². The fourth-order valence-electron chi connectivity index (χ4n) is 2.39. The summed E-state index contributed by atoms with van der Waals surface area (Å²) in [5.74, 6) is -0.993. The van der Waals surface area contributed by atoms with Gasteiger partial charge in [0.2, 0.25) is 0 Å². The number of amides is 1. The standard InChI is InChI=1S/C18H17FN4O2/c19-15-9-5-4-8-14(15)17(24)10-20-18(25)16-12-23(22-21-16)11-13-6-2-1-3-7-13/h1-9,12,17,24H,10-11H2,(H,20,25). The second-order valence-electron chi connectivity index (χ2n) is 5.53. The molecule has 1 unspecified atom stereocenters. The second kappa shape index (κ2) is 7.67. The van der Waals surface area contributed by atoms with Crippen molar-refractivity contribution in [3.05, 3.63) is 83.4 Å². The van der Waals surface area contributed by atoms with Gasteiger partial charge in [-0.05, 0) is 11.6 Å². The first kappa shape index (κ1) is 16.8. The molecule has 1 aromatic heterocycles. The Morgan fingerprint density at radius 2 is 1.88 bits per heavy atom. The maximum atomic E-state index is 13.6. The monoisotopic (exact) mass is 340 g/mol. The molecule has 0 radical (unpaired) electrons. The molecule has 3 aromatic rings. The third-order valence-corrected chi connectivity index (χ3v) is 3.68. The number of carbonyl (C=O) groups is 1. The highest BCUT2D eigenvalue weighted by atomic mass is 19.1. The molecule has 25 heavy (non-hydrogen) atoms. The van der Waals surface area contributed by atoms with E-state index in [0.717, 1.165) is 5.56 Å². The number of aliphatic hydroxyl groups is 1. The van der Waals surface area contributed by atoms with Crippen molar-refractivity contribution >= 4 is 5.91 Å². The molecule has 0 aliphatic heterocycles. The molecule has 0 bridgehead atoms. The molecule has 0 spiro atoms. The van der Waals surface area contributed by atoms with Crippen LogP contribution in [0.4, 0.5) is 4.39 Å². The molecule has 0 fully saturated rings. The average molecular weight is 340 g/mol. The highest BCUT2D eigenvalue weighted by Crippen LogP contribution is 2.15. The summed E-state index contributed by atoms with van der Waals surface area (Å²) >= 11 is 0. The van der Waals surface area contributed by atoms with Crippen molar-refractivity contribution in [2.75, 3.05) is 6.54 Å². The van der Waals surface area contributed by atoms with Crippen LogP contribution >= 0.6 is 0 Å². The van der Waals surface area contributed by atoms with E-state index < -0.39 is 17.8 Å². The molecule has 6 nitrogen and oxygen atoms in total. The number of nitrogens with one attached hydrogen (secondary N) is 1. The molecule has 2 aromatic carbocycles. The molecule has 1 amide bonds. The van der Waals surface area contributed by atoms with E-state index in [-0.39, 0.29) is 17.8 Å². The Kier molecular flexibility index (Phi) is 5.15. The summed E-state index contributed by atoms with van der Waals surface area (Å²) in [6, 6.07) is 15.6. The van der Waals surface area contributed by atoms with E-state index in [9.17, 15) is 14.3 Å². The van der Waals surface area contributed by atoms with Crippen molar-refractivity contribution in [3.63, 3.8) is 0 Å². The molecule has 7 heteroatoms. The lowest BCUT2D eigenvalue weighted by Gasteiger charge is -2.12. The van der Waals surface area contributed by atoms with E-state index >= 15 is 0 Å². The van der Waals surface area contributed by atoms with Gasteiger partial charge in [0.1, 0.15) is 5.82 Å². The molecular weight excluding hydrogens is 323 g/mol. The third-order valence-electron chi connectivity index (χ3n) is 3.68. The molecule has 0 saturated carbocycles. The number of benzene rings is 2. The van der Waals surface area contributed by atoms with Gasteiger partial charge in [0.25, 0.3) is 5.91 Å². The Hall–Kier alpha value is -3.06. The van der Waals surface area contributed by atoms with Gasteiger partial charge in [-0.3, -0.25) is 4.79 Å². The summed E-state index contributed by atoms with van der Waals surface area (Å²) in [7, 11) is 0. The minimum absolute atomic E-state index is 0.120. The quantitative estimate of drug-likeness (QED) is 0.718. The van der Waals surface area contributed by atoms with Gasteiger partial charge in [0.05, 0.1) is 18.8 Å². The number of hydrogen-bond acceptors (Lipinski definition) is 4. The van der Waals surface area contributed by atoms with Crippen LogP contribution in [0, 0.1) is 5.82 Å². The van der Waals surface area contributed by atoms with Gasteiger partial charge in [-0.2, -0.15) is 0 Å². The van der Waals surface area contributed by atoms with Gasteiger partial charge >= 0.3 is 0 Å². The summed E-state index contributed by atoms with van der Waals surface area (Å²) in [6.07, 6.45) is 0.391. The first-order valence-electron chi connectivity index (χ1n) is 7.78. The summed E-state index contributed by atoms with van der Waals surface area (Å²) in [5, 5.41) is 20.3. The van der Waals surface area contributed by atoms with Crippen LogP contribution in [0.3, 0.4) is 0 Å². The maximum absolute atomic E-state index is 13.6. The largest absolute Gasteiger partial charge is 0.386 e. The van der Waals surface area contributed by atoms with Gasteiger partial charge in [-0.15, -0.1) is 5.10 Å². The third kappa shape index (κ3) is 4.27. The van der Waals surface area contributed by atoms with Crippen LogP contribution in [0.2, 0.25) is 0 Å². The summed E-state index contributed by atoms with van der Waals surface area (Å²) < 4.78 is 15.2. The highest BCUT2D eigenvalue weighted by molar-refractivity contribution is 5.91. The van der Waals surface area contributed by atoms with Gasteiger partial charge in [-0.1, -0.05) is 53.7 Å². The fourth-order valence-corrected chi connectivity index (χ4v) is 2.39. The van der Waals surface area contributed by atoms with Crippen LogP contribution in [0.25, 0.3) is 0 Å². The van der Waals surface area contributed by atoms with Crippen LogP contribution in [0.1, 0.15) is 27.7 Å². The SMILES string of the molecule is O=C(NCC(O)c1ccccc1F)c1cn(Cc2ccccc2)nn1. The molecule has 0 aliphatic carbocycles. The lowest BCUT2D eigenvalue weighted by atomic mass is 10.1. The number of carbonyl (C=O) groups excluding carboxylic acids is 1. The first-order valence-corrected chi connectivity index (χ1v) is 7.78. The van der Waals surface area contributed by atoms with Gasteiger partial charge in [0.15, 0.2) is 5.69 Å². The fraction of sp³-hybridized carbons (Fsp3) is 0.167. The lowest BCUT2D eigenvalue weighted by Crippen LogP contribution is -2.29. The Morgan fingerprint density at radius 3 is 2.64 bits per heavy atom. The van der Waals surface area contributed by atoms with Gasteiger partial charge < -0.3 is 10.4 Å². The number of rotatable bonds is 6. The van der Waals surface area contributed by atoms with Crippen LogP contribution in [0.5, 0.6) is 0 Å². The summed E-state index contributed by atoms with van der Waals surface area (Å²) in [6.45, 7) is 0.379. The average Bonchev–Trinajstić information content (AvgIpc) is 3.09. The zero-order valence-electron chi connectivity index (χ0n) is 13.3. The van der Waals surface area contributed by atoms with Gasteiger partial charge in [-0.25, -0.2) is 9.07 Å². The van der Waals surface area contributed by atoms with E-state index in [4.69, 9.17) is 0 Å². The second-order valence-corrected chi connectivity index (χ2v) is 5.53. The number of aromatic nitrogens is 3. The Bertz CT molecular complexity index is 851. The van der Waals surface area contributed by atoms with Crippen molar-refractivity contribution in [2.45, 2.75) is 12.6 Å². The van der Waals surface area contributed by atoms with Crippen LogP contribution < -0.4 is 5.32 Å². The van der Waals surface area contributed by atoms with Crippen molar-refractivity contribution < 1.29 is 14.3 Å². The van der Waals surface area contributed by atoms with E-state index in [1.807, 2.05) is 30.3 Å². The maximum Gasteiger partial charge on any atom is 0.273 e. The summed E-state index contributed by atoms with van der Waals surface area (Å²) in [4.78, 5) is 12.1. The van der Waals surface area contributed by atoms with E-state index in [1.165, 1.54) is 24.4 Å². The van der Waals surface area contributed by atoms with Gasteiger partial charge in [0, 0.05) is 12.1 Å². The Balaban J connectivity index is 1.58. The Labute approximate surface area is 143 Å². The molecule has 0 saturated heterocycles. The van der Waals surface area contributed by atoms with Crippen LogP contribution in [-0.2, 0) is 6.54 Å². The van der Waals surface area contributed by atoms with Crippen molar-refractivity contribution in [3.8, 4) is 0 Å². The van der Waals surface area contributed by atoms with E-state index in [0.29, 0.717) is 6.54 Å². The minimum atomic E-state index is -1.13. The van der Waals surface area contributed by atoms with E-state index in [1.54, 1.807) is 10.7 Å². The smallest absolute Gasteiger partial charge is 0.273 e. The first-order chi connectivity index (χ1) is 12.1. The normalized spacial score (nSPS) is 11.9. The summed E-state index contributed by atoms with van der Waals surface area (Å²) in [5.41, 5.74) is 1.31. The van der Waals surface area contributed by atoms with Crippen LogP contribution in [-0.4, -0.2) is 32.6 Å². The van der Waals surface area contributed by atoms with Crippen molar-refractivity contribution in [2.24, 2.45) is 0 Å². The van der Waals surface area contributed by atoms with Crippen molar-refractivity contribution in [1.82, 2.24) is 20.3 Å². The number of nitrogens with zero attached hydrogens (tertiary/aromatic N) is 3. The van der Waals surface area contributed by atoms with Crippen molar-refractivity contribution in [1.29, 1.82) is 0 Å². The Morgan fingerprint density at radius 1 is 1.16 bits per heavy atom.